The molecule has 0 aromatic heterocycles. The minimum Gasteiger partial charge on any atom is -0.0654 e. The normalized spacial score (nSPS) is 11.8. The predicted octanol–water partition coefficient (Wildman–Crippen LogP) is 9.64. The molecular formula is C28H52Si. The first-order chi connectivity index (χ1) is 14.3. The second-order valence-electron chi connectivity index (χ2n) is 9.49. The summed E-state index contributed by atoms with van der Waals surface area (Å²) in [6.07, 6.45) is 23.0. The zero-order valence-electron chi connectivity index (χ0n) is 20.3. The summed E-state index contributed by atoms with van der Waals surface area (Å²) in [4.78, 5) is 0. The van der Waals surface area contributed by atoms with Crippen LogP contribution in [0.2, 0.25) is 18.1 Å². The van der Waals surface area contributed by atoms with Crippen LogP contribution >= 0.6 is 0 Å². The van der Waals surface area contributed by atoms with Gasteiger partial charge in [0.15, 0.2) is 0 Å². The Bertz CT molecular complexity index is 441. The molecule has 0 aliphatic rings. The van der Waals surface area contributed by atoms with Gasteiger partial charge in [-0.2, -0.15) is 0 Å². The summed E-state index contributed by atoms with van der Waals surface area (Å²) in [5, 5.41) is 1.77. The highest BCUT2D eigenvalue weighted by molar-refractivity contribution is 6.91. The molecule has 0 aliphatic carbocycles. The van der Waals surface area contributed by atoms with Crippen molar-refractivity contribution in [2.75, 3.05) is 0 Å². The Morgan fingerprint density at radius 2 is 0.793 bits per heavy atom. The lowest BCUT2D eigenvalue weighted by atomic mass is 10.1. The van der Waals surface area contributed by atoms with Crippen LogP contribution in [0.4, 0.5) is 0 Å². The van der Waals surface area contributed by atoms with Gasteiger partial charge in [-0.1, -0.05) is 177 Å². The van der Waals surface area contributed by atoms with Gasteiger partial charge in [0.1, 0.15) is 0 Å². The van der Waals surface area contributed by atoms with E-state index in [1.165, 1.54) is 103 Å². The molecule has 0 nitrogen and oxygen atoms in total. The highest BCUT2D eigenvalue weighted by Gasteiger charge is 2.33. The lowest BCUT2D eigenvalue weighted by Gasteiger charge is -2.33. The summed E-state index contributed by atoms with van der Waals surface area (Å²) in [5.41, 5.74) is 0. The van der Waals surface area contributed by atoms with E-state index in [1.54, 1.807) is 23.3 Å². The molecule has 0 saturated heterocycles. The molecule has 1 aromatic rings. The summed E-state index contributed by atoms with van der Waals surface area (Å²) < 4.78 is 0. The number of hydrogen-bond donors (Lipinski definition) is 0. The molecule has 1 aromatic carbocycles. The van der Waals surface area contributed by atoms with Crippen LogP contribution in [0, 0.1) is 0 Å². The average molecular weight is 417 g/mol. The monoisotopic (exact) mass is 416 g/mol. The molecule has 0 unspecified atom stereocenters. The van der Waals surface area contributed by atoms with Gasteiger partial charge in [0, 0.05) is 0 Å². The first kappa shape index (κ1) is 26.5. The average Bonchev–Trinajstić information content (AvgIpc) is 2.76. The van der Waals surface area contributed by atoms with E-state index in [-0.39, 0.29) is 0 Å². The Hall–Kier alpha value is -0.563. The highest BCUT2D eigenvalue weighted by atomic mass is 28.3. The molecule has 0 atom stereocenters. The second kappa shape index (κ2) is 18.2. The maximum Gasteiger partial charge on any atom is 0.0867 e. The van der Waals surface area contributed by atoms with E-state index in [4.69, 9.17) is 0 Å². The summed E-state index contributed by atoms with van der Waals surface area (Å²) in [6.45, 7) is 7.00. The Morgan fingerprint density at radius 3 is 1.21 bits per heavy atom. The Morgan fingerprint density at radius 1 is 0.448 bits per heavy atom. The molecule has 168 valence electrons. The van der Waals surface area contributed by atoms with Crippen molar-refractivity contribution in [2.24, 2.45) is 0 Å². The number of unbranched alkanes of at least 4 members (excludes halogenated alkanes) is 13. The van der Waals surface area contributed by atoms with Crippen molar-refractivity contribution < 1.29 is 0 Å². The Kier molecular flexibility index (Phi) is 16.6. The van der Waals surface area contributed by atoms with Gasteiger partial charge in [-0.05, 0) is 0 Å². The third kappa shape index (κ3) is 12.0. The van der Waals surface area contributed by atoms with E-state index in [9.17, 15) is 0 Å². The molecule has 0 fully saturated rings. The molecular weight excluding hydrogens is 364 g/mol. The lowest BCUT2D eigenvalue weighted by Crippen LogP contribution is -2.47. The summed E-state index contributed by atoms with van der Waals surface area (Å²) in [7, 11) is -1.35. The molecule has 0 spiro atoms. The van der Waals surface area contributed by atoms with Gasteiger partial charge in [0.05, 0.1) is 8.07 Å². The summed E-state index contributed by atoms with van der Waals surface area (Å²) in [6, 6.07) is 16.5. The van der Waals surface area contributed by atoms with Crippen LogP contribution in [0.25, 0.3) is 0 Å². The molecule has 0 aliphatic heterocycles. The first-order valence-electron chi connectivity index (χ1n) is 13.3. The number of rotatable bonds is 20. The van der Waals surface area contributed by atoms with Crippen molar-refractivity contribution >= 4 is 13.3 Å². The minimum atomic E-state index is -1.35. The topological polar surface area (TPSA) is 0 Å². The van der Waals surface area contributed by atoms with Crippen LogP contribution in [0.1, 0.15) is 124 Å². The van der Waals surface area contributed by atoms with Gasteiger partial charge in [-0.3, -0.25) is 0 Å². The fourth-order valence-electron chi connectivity index (χ4n) is 4.98. The van der Waals surface area contributed by atoms with Gasteiger partial charge >= 0.3 is 0 Å². The smallest absolute Gasteiger partial charge is 0.0654 e. The van der Waals surface area contributed by atoms with Gasteiger partial charge < -0.3 is 0 Å². The van der Waals surface area contributed by atoms with Crippen molar-refractivity contribution in [3.63, 3.8) is 0 Å². The molecule has 0 amide bonds. The van der Waals surface area contributed by atoms with Gasteiger partial charge in [0.25, 0.3) is 0 Å². The van der Waals surface area contributed by atoms with Crippen LogP contribution in [0.3, 0.4) is 0 Å². The minimum absolute atomic E-state index is 1.35. The van der Waals surface area contributed by atoms with E-state index in [2.05, 4.69) is 51.1 Å². The molecule has 0 N–H and O–H groups in total. The molecule has 29 heavy (non-hydrogen) atoms. The maximum absolute atomic E-state index is 2.50. The first-order valence-corrected chi connectivity index (χ1v) is 16.0. The van der Waals surface area contributed by atoms with E-state index >= 15 is 0 Å². The van der Waals surface area contributed by atoms with Crippen LogP contribution in [-0.2, 0) is 0 Å². The zero-order valence-corrected chi connectivity index (χ0v) is 21.3. The molecule has 0 bridgehead atoms. The van der Waals surface area contributed by atoms with Crippen molar-refractivity contribution in [3.05, 3.63) is 30.3 Å². The van der Waals surface area contributed by atoms with E-state index in [0.717, 1.165) is 0 Å². The zero-order chi connectivity index (χ0) is 21.0. The lowest BCUT2D eigenvalue weighted by molar-refractivity contribution is 0.583. The van der Waals surface area contributed by atoms with Crippen LogP contribution in [0.15, 0.2) is 30.3 Å². The molecule has 0 radical (unpaired) electrons. The molecule has 1 heteroatoms. The third-order valence-electron chi connectivity index (χ3n) is 6.91. The largest absolute Gasteiger partial charge is 0.0867 e. The molecule has 0 heterocycles. The van der Waals surface area contributed by atoms with Crippen LogP contribution in [-0.4, -0.2) is 8.07 Å². The van der Waals surface area contributed by atoms with E-state index in [0.29, 0.717) is 0 Å². The van der Waals surface area contributed by atoms with Gasteiger partial charge in [-0.25, -0.2) is 0 Å². The van der Waals surface area contributed by atoms with Crippen LogP contribution < -0.4 is 5.19 Å². The fourth-order valence-corrected chi connectivity index (χ4v) is 10.3. The molecule has 0 saturated carbocycles. The maximum atomic E-state index is 2.50. The highest BCUT2D eigenvalue weighted by Crippen LogP contribution is 2.30. The third-order valence-corrected chi connectivity index (χ3v) is 12.4. The summed E-state index contributed by atoms with van der Waals surface area (Å²) >= 11 is 0. The van der Waals surface area contributed by atoms with E-state index < -0.39 is 8.07 Å². The van der Waals surface area contributed by atoms with Crippen molar-refractivity contribution in [3.8, 4) is 0 Å². The van der Waals surface area contributed by atoms with Gasteiger partial charge in [0.2, 0.25) is 0 Å². The Labute approximate surface area is 185 Å². The number of benzene rings is 1. The SMILES string of the molecule is CCCCCCCCCC[Si](CCCCCC)(CCCCCC)c1ccccc1. The van der Waals surface area contributed by atoms with Gasteiger partial charge in [-0.15, -0.1) is 0 Å². The second-order valence-corrected chi connectivity index (χ2v) is 14.1. The standard InChI is InChI=1S/C28H52Si/c1-4-7-10-13-14-15-16-22-27-29(25-20-11-8-5-2,26-21-12-9-6-3)28-23-18-17-19-24-28/h17-19,23-24H,4-16,20-22,25-27H2,1-3H3. The van der Waals surface area contributed by atoms with E-state index in [1.807, 2.05) is 0 Å². The number of hydrogen-bond acceptors (Lipinski definition) is 0. The Balaban J connectivity index is 2.66. The quantitative estimate of drug-likeness (QED) is 0.146. The van der Waals surface area contributed by atoms with Crippen molar-refractivity contribution in [1.82, 2.24) is 0 Å². The van der Waals surface area contributed by atoms with Crippen LogP contribution in [0.5, 0.6) is 0 Å². The predicted molar refractivity (Wildman–Crippen MR) is 137 cm³/mol. The van der Waals surface area contributed by atoms with Crippen molar-refractivity contribution in [1.29, 1.82) is 0 Å². The fraction of sp³-hybridized carbons (Fsp3) is 0.786. The molecule has 1 rings (SSSR count). The summed E-state index contributed by atoms with van der Waals surface area (Å²) in [5.74, 6) is 0. The van der Waals surface area contributed by atoms with Crippen molar-refractivity contribution in [2.45, 2.75) is 142 Å².